The molecule has 0 fully saturated rings. The first-order chi connectivity index (χ1) is 22.0. The van der Waals surface area contributed by atoms with Crippen LogP contribution in [0.25, 0.3) is 11.1 Å². The Balaban J connectivity index is 0.00000625. The number of pyridine rings is 1. The van der Waals surface area contributed by atoms with E-state index in [-0.39, 0.29) is 41.7 Å². The van der Waals surface area contributed by atoms with Crippen LogP contribution in [0, 0.1) is 0 Å². The number of halogens is 1. The molecule has 1 atom stereocenters. The third-order valence-electron chi connectivity index (χ3n) is 6.81. The molecular formula is C35H43IN4O8. The first-order valence-corrected chi connectivity index (χ1v) is 15.3. The Bertz CT molecular complexity index is 1610. The summed E-state index contributed by atoms with van der Waals surface area (Å²) in [5.41, 5.74) is -1.00. The highest BCUT2D eigenvalue weighted by Crippen LogP contribution is 2.29. The van der Waals surface area contributed by atoms with Crippen LogP contribution in [0.5, 0.6) is 5.75 Å². The summed E-state index contributed by atoms with van der Waals surface area (Å²) in [7, 11) is 1.91. The first kappa shape index (κ1) is 38.2. The van der Waals surface area contributed by atoms with E-state index >= 15 is 0 Å². The van der Waals surface area contributed by atoms with Gasteiger partial charge in [0.15, 0.2) is 0 Å². The molecule has 0 bridgehead atoms. The summed E-state index contributed by atoms with van der Waals surface area (Å²) in [6.07, 6.45) is 1.51. The summed E-state index contributed by atoms with van der Waals surface area (Å²) in [5, 5.41) is 6.60. The smallest absolute Gasteiger partial charge is 0.407 e. The van der Waals surface area contributed by atoms with Gasteiger partial charge in [-0.3, -0.25) is 14.9 Å². The van der Waals surface area contributed by atoms with Gasteiger partial charge in [0.05, 0.1) is 30.9 Å². The number of ether oxygens (including phenoxy) is 3. The normalized spacial score (nSPS) is 14.0. The summed E-state index contributed by atoms with van der Waals surface area (Å²) in [6.45, 7) is 12.6. The molecule has 1 unspecified atom stereocenters. The van der Waals surface area contributed by atoms with Crippen molar-refractivity contribution in [1.29, 1.82) is 0 Å². The van der Waals surface area contributed by atoms with E-state index in [9.17, 15) is 19.2 Å². The van der Waals surface area contributed by atoms with Gasteiger partial charge in [-0.15, -0.1) is 5.06 Å². The molecule has 2 N–H and O–H groups in total. The lowest BCUT2D eigenvalue weighted by atomic mass is 10.1. The molecule has 1 aromatic heterocycles. The van der Waals surface area contributed by atoms with Gasteiger partial charge in [-0.25, -0.2) is 19.0 Å². The maximum absolute atomic E-state index is 13.3. The number of aromatic nitrogens is 1. The number of hydrogen-bond acceptors (Lipinski definition) is 9. The molecule has 0 aliphatic carbocycles. The molecule has 1 aliphatic rings. The van der Waals surface area contributed by atoms with Crippen LogP contribution in [0.4, 0.5) is 10.6 Å². The van der Waals surface area contributed by atoms with Gasteiger partial charge in [0.25, 0.3) is 17.6 Å². The molecular weight excluding hydrogens is 731 g/mol. The largest absolute Gasteiger partial charge is 1.00 e. The number of carbonyl (C=O) groups excluding carboxylic acids is 4. The predicted molar refractivity (Wildman–Crippen MR) is 174 cm³/mol. The second-order valence-corrected chi connectivity index (χ2v) is 13.4. The number of nitrogens with one attached hydrogen (secondary N) is 2. The third kappa shape index (κ3) is 9.89. The zero-order valence-corrected chi connectivity index (χ0v) is 30.7. The number of anilines is 1. The molecule has 0 radical (unpaired) electrons. The summed E-state index contributed by atoms with van der Waals surface area (Å²) >= 11 is 0. The fraction of sp³-hybridized carbons (Fsp3) is 0.400. The highest BCUT2D eigenvalue weighted by molar-refractivity contribution is 6.20. The molecule has 0 saturated carbocycles. The second kappa shape index (κ2) is 15.3. The predicted octanol–water partition coefficient (Wildman–Crippen LogP) is 1.83. The Kier molecular flexibility index (Phi) is 12.2. The molecule has 13 heteroatoms. The van der Waals surface area contributed by atoms with E-state index in [2.05, 4.69) is 10.6 Å². The van der Waals surface area contributed by atoms with Crippen LogP contribution in [-0.2, 0) is 26.2 Å². The van der Waals surface area contributed by atoms with Crippen LogP contribution in [0.2, 0.25) is 0 Å². The van der Waals surface area contributed by atoms with Gasteiger partial charge in [-0.1, -0.05) is 24.3 Å². The number of benzene rings is 2. The number of esters is 1. The zero-order chi connectivity index (χ0) is 34.6. The minimum atomic E-state index is -1.83. The van der Waals surface area contributed by atoms with Crippen molar-refractivity contribution in [2.24, 2.45) is 7.05 Å². The van der Waals surface area contributed by atoms with Crippen molar-refractivity contribution in [3.8, 4) is 16.9 Å². The number of carbonyl (C=O) groups is 4. The average molecular weight is 775 g/mol. The lowest BCUT2D eigenvalue weighted by Crippen LogP contribution is -3.00. The van der Waals surface area contributed by atoms with Crippen molar-refractivity contribution < 1.29 is 66.8 Å². The molecule has 3 aromatic rings. The van der Waals surface area contributed by atoms with Gasteiger partial charge in [0.1, 0.15) is 30.1 Å². The van der Waals surface area contributed by atoms with E-state index in [4.69, 9.17) is 19.0 Å². The molecule has 2 heterocycles. The molecule has 2 aromatic carbocycles. The summed E-state index contributed by atoms with van der Waals surface area (Å²) in [5.74, 6) is -0.831. The van der Waals surface area contributed by atoms with Crippen LogP contribution in [0.15, 0.2) is 66.9 Å². The van der Waals surface area contributed by atoms with Crippen LogP contribution in [-0.4, -0.2) is 65.4 Å². The molecule has 3 amide bonds. The van der Waals surface area contributed by atoms with Crippen LogP contribution in [0.3, 0.4) is 0 Å². The van der Waals surface area contributed by atoms with E-state index in [0.29, 0.717) is 23.9 Å². The molecule has 48 heavy (non-hydrogen) atoms. The first-order valence-electron chi connectivity index (χ1n) is 15.3. The Morgan fingerprint density at radius 3 is 1.88 bits per heavy atom. The fourth-order valence-corrected chi connectivity index (χ4v) is 4.56. The fourth-order valence-electron chi connectivity index (χ4n) is 4.56. The van der Waals surface area contributed by atoms with E-state index in [1.54, 1.807) is 45.0 Å². The van der Waals surface area contributed by atoms with Crippen molar-refractivity contribution in [1.82, 2.24) is 10.4 Å². The van der Waals surface area contributed by atoms with Gasteiger partial charge in [0.2, 0.25) is 5.60 Å². The Morgan fingerprint density at radius 1 is 0.771 bits per heavy atom. The summed E-state index contributed by atoms with van der Waals surface area (Å²) in [6, 6.07) is 17.5. The standard InChI is InChI=1S/C35H42N4O8.HI/c1-33(2,3)45-31(42)35(7,47-39-29(40)26-11-9-10-12-27(26)30(39)41)22-44-25-16-13-23(14-17-25)24-15-18-28(38(8)21-24)36-19-20-37-32(43)46-34(4,5)6;/h9-18,21H,19-20,22H2,1-8H3,(H,37,43);1H. The number of amides is 3. The minimum absolute atomic E-state index is 0. The Hall–Kier alpha value is -4.24. The van der Waals surface area contributed by atoms with Gasteiger partial charge in [-0.2, -0.15) is 0 Å². The highest BCUT2D eigenvalue weighted by Gasteiger charge is 2.47. The number of hydroxylamine groups is 2. The Morgan fingerprint density at radius 2 is 1.33 bits per heavy atom. The number of rotatable bonds is 11. The molecule has 0 saturated heterocycles. The van der Waals surface area contributed by atoms with Gasteiger partial charge < -0.3 is 43.5 Å². The number of alkyl carbamates (subject to hydrolysis) is 1. The van der Waals surface area contributed by atoms with E-state index < -0.39 is 40.7 Å². The number of hydrogen-bond donors (Lipinski definition) is 2. The van der Waals surface area contributed by atoms with Crippen molar-refractivity contribution in [3.63, 3.8) is 0 Å². The molecule has 4 rings (SSSR count). The number of nitrogens with zero attached hydrogens (tertiary/aromatic N) is 2. The Labute approximate surface area is 298 Å². The van der Waals surface area contributed by atoms with Crippen LogP contribution < -0.4 is 43.9 Å². The van der Waals surface area contributed by atoms with Crippen LogP contribution in [0.1, 0.15) is 69.2 Å². The topological polar surface area (TPSA) is 136 Å². The molecule has 0 spiro atoms. The quantitative estimate of drug-likeness (QED) is 0.0984. The highest BCUT2D eigenvalue weighted by atomic mass is 127. The van der Waals surface area contributed by atoms with Gasteiger partial charge in [0, 0.05) is 11.6 Å². The third-order valence-corrected chi connectivity index (χ3v) is 6.81. The van der Waals surface area contributed by atoms with Crippen molar-refractivity contribution in [2.45, 2.75) is 65.3 Å². The SMILES string of the molecule is C[n+]1cc(-c2ccc(OCC(C)(ON3C(=O)c4ccccc4C3=O)C(=O)OC(C)(C)C)cc2)ccc1NCCNC(=O)OC(C)(C)C.[I-]. The second-order valence-electron chi connectivity index (χ2n) is 13.4. The minimum Gasteiger partial charge on any atom is -1.00 e. The number of fused-ring (bicyclic) bond motifs is 1. The molecule has 12 nitrogen and oxygen atoms in total. The maximum atomic E-state index is 13.3. The lowest BCUT2D eigenvalue weighted by Gasteiger charge is -2.32. The summed E-state index contributed by atoms with van der Waals surface area (Å²) in [4.78, 5) is 56.9. The lowest BCUT2D eigenvalue weighted by molar-refractivity contribution is -0.656. The van der Waals surface area contributed by atoms with Crippen LogP contribution >= 0.6 is 0 Å². The molecule has 1 aliphatic heterocycles. The monoisotopic (exact) mass is 774 g/mol. The van der Waals surface area contributed by atoms with E-state index in [1.165, 1.54) is 19.1 Å². The average Bonchev–Trinajstić information content (AvgIpc) is 3.22. The van der Waals surface area contributed by atoms with E-state index in [0.717, 1.165) is 16.9 Å². The molecule has 258 valence electrons. The number of aryl methyl sites for hydroxylation is 1. The van der Waals surface area contributed by atoms with E-state index in [1.807, 2.05) is 62.8 Å². The van der Waals surface area contributed by atoms with Crippen molar-refractivity contribution >= 4 is 29.7 Å². The maximum Gasteiger partial charge on any atom is 0.407 e. The van der Waals surface area contributed by atoms with Crippen molar-refractivity contribution in [2.75, 3.05) is 25.0 Å². The van der Waals surface area contributed by atoms with Gasteiger partial charge >= 0.3 is 12.1 Å². The summed E-state index contributed by atoms with van der Waals surface area (Å²) < 4.78 is 18.7. The van der Waals surface area contributed by atoms with Gasteiger partial charge in [-0.05, 0) is 84.4 Å². The van der Waals surface area contributed by atoms with Crippen molar-refractivity contribution in [3.05, 3.63) is 78.0 Å². The zero-order valence-electron chi connectivity index (χ0n) is 28.5. The number of imide groups is 1.